The zero-order valence-corrected chi connectivity index (χ0v) is 14.2. The highest BCUT2D eigenvalue weighted by Gasteiger charge is 2.25. The summed E-state index contributed by atoms with van der Waals surface area (Å²) in [6.45, 7) is 2.79. The van der Waals surface area contributed by atoms with E-state index in [0.717, 1.165) is 30.6 Å². The van der Waals surface area contributed by atoms with Crippen LogP contribution in [-0.4, -0.2) is 55.1 Å². The molecule has 0 saturated carbocycles. The Kier molecular flexibility index (Phi) is 6.01. The maximum Gasteiger partial charge on any atom is 0.0697 e. The fourth-order valence-electron chi connectivity index (χ4n) is 2.65. The van der Waals surface area contributed by atoms with Crippen molar-refractivity contribution in [3.8, 4) is 0 Å². The van der Waals surface area contributed by atoms with Gasteiger partial charge in [0.15, 0.2) is 0 Å². The molecule has 1 aromatic heterocycles. The molecule has 0 amide bonds. The zero-order chi connectivity index (χ0) is 14.5. The van der Waals surface area contributed by atoms with E-state index in [2.05, 4.69) is 50.0 Å². The van der Waals surface area contributed by atoms with Crippen LogP contribution >= 0.6 is 15.9 Å². The van der Waals surface area contributed by atoms with E-state index in [9.17, 15) is 0 Å². The molecule has 0 spiro atoms. The number of rotatable bonds is 7. The van der Waals surface area contributed by atoms with Crippen LogP contribution in [0.25, 0.3) is 0 Å². The molecule has 1 fully saturated rings. The number of hydrogen-bond acceptors (Lipinski definition) is 4. The van der Waals surface area contributed by atoms with Crippen molar-refractivity contribution in [2.75, 3.05) is 34.3 Å². The summed E-state index contributed by atoms with van der Waals surface area (Å²) in [6, 6.07) is 0.275. The molecule has 0 bridgehead atoms. The summed E-state index contributed by atoms with van der Waals surface area (Å²) in [5, 5.41) is 7.91. The number of nitrogens with one attached hydrogen (secondary N) is 1. The summed E-state index contributed by atoms with van der Waals surface area (Å²) < 4.78 is 8.94. The predicted molar refractivity (Wildman–Crippen MR) is 83.9 cm³/mol. The van der Waals surface area contributed by atoms with Gasteiger partial charge in [0.2, 0.25) is 0 Å². The molecule has 1 aromatic rings. The van der Waals surface area contributed by atoms with Crippen LogP contribution in [0.3, 0.4) is 0 Å². The molecule has 20 heavy (non-hydrogen) atoms. The Morgan fingerprint density at radius 3 is 3.00 bits per heavy atom. The van der Waals surface area contributed by atoms with E-state index in [0.29, 0.717) is 6.10 Å². The minimum atomic E-state index is 0.275. The van der Waals surface area contributed by atoms with Crippen LogP contribution in [0.5, 0.6) is 0 Å². The van der Waals surface area contributed by atoms with Crippen LogP contribution in [0.15, 0.2) is 10.7 Å². The molecular weight excluding hydrogens is 320 g/mol. The molecule has 1 N–H and O–H groups in total. The second-order valence-corrected chi connectivity index (χ2v) is 6.47. The van der Waals surface area contributed by atoms with Gasteiger partial charge in [0.25, 0.3) is 0 Å². The molecular formula is C14H25BrN4O. The minimum Gasteiger partial charge on any atom is -0.378 e. The van der Waals surface area contributed by atoms with Crippen LogP contribution in [0, 0.1) is 0 Å². The molecule has 2 heterocycles. The zero-order valence-electron chi connectivity index (χ0n) is 12.6. The van der Waals surface area contributed by atoms with Crippen LogP contribution in [0.4, 0.5) is 0 Å². The van der Waals surface area contributed by atoms with Crippen LogP contribution < -0.4 is 5.32 Å². The highest BCUT2D eigenvalue weighted by Crippen LogP contribution is 2.29. The Morgan fingerprint density at radius 2 is 2.40 bits per heavy atom. The Bertz CT molecular complexity index is 415. The largest absolute Gasteiger partial charge is 0.378 e. The minimum absolute atomic E-state index is 0.275. The highest BCUT2D eigenvalue weighted by atomic mass is 79.9. The summed E-state index contributed by atoms with van der Waals surface area (Å²) in [6.07, 6.45) is 5.62. The van der Waals surface area contributed by atoms with Crippen molar-refractivity contribution in [1.29, 1.82) is 0 Å². The normalized spacial score (nSPS) is 20.8. The van der Waals surface area contributed by atoms with Gasteiger partial charge in [-0.25, -0.2) is 0 Å². The Hall–Kier alpha value is -0.430. The molecule has 1 aliphatic rings. The molecule has 114 valence electrons. The van der Waals surface area contributed by atoms with Gasteiger partial charge in [0.05, 0.1) is 35.1 Å². The van der Waals surface area contributed by atoms with Crippen molar-refractivity contribution >= 4 is 15.9 Å². The third kappa shape index (κ3) is 4.04. The maximum atomic E-state index is 5.77. The average molecular weight is 345 g/mol. The monoisotopic (exact) mass is 344 g/mol. The van der Waals surface area contributed by atoms with Gasteiger partial charge in [0.1, 0.15) is 0 Å². The maximum absolute atomic E-state index is 5.77. The van der Waals surface area contributed by atoms with Crippen molar-refractivity contribution in [2.45, 2.75) is 38.0 Å². The third-order valence-electron chi connectivity index (χ3n) is 3.79. The summed E-state index contributed by atoms with van der Waals surface area (Å²) in [5.74, 6) is 0. The number of aromatic nitrogens is 2. The first-order valence-corrected chi connectivity index (χ1v) is 8.06. The van der Waals surface area contributed by atoms with Gasteiger partial charge in [-0.2, -0.15) is 5.10 Å². The number of nitrogens with zero attached hydrogens (tertiary/aromatic N) is 3. The SMILES string of the molecule is CNC(CC1CCCO1)c1c(Br)cnn1CCN(C)C. The van der Waals surface area contributed by atoms with Gasteiger partial charge in [-0.3, -0.25) is 4.68 Å². The molecule has 0 radical (unpaired) electrons. The quantitative estimate of drug-likeness (QED) is 0.821. The first-order valence-electron chi connectivity index (χ1n) is 7.26. The van der Waals surface area contributed by atoms with E-state index in [1.807, 2.05) is 13.2 Å². The highest BCUT2D eigenvalue weighted by molar-refractivity contribution is 9.10. The Balaban J connectivity index is 2.08. The first kappa shape index (κ1) is 15.9. The average Bonchev–Trinajstić information content (AvgIpc) is 3.03. The van der Waals surface area contributed by atoms with Crippen molar-refractivity contribution < 1.29 is 4.74 Å². The summed E-state index contributed by atoms with van der Waals surface area (Å²) in [5.41, 5.74) is 1.23. The lowest BCUT2D eigenvalue weighted by molar-refractivity contribution is 0.0943. The molecule has 1 saturated heterocycles. The molecule has 2 atom stereocenters. The van der Waals surface area contributed by atoms with E-state index < -0.39 is 0 Å². The number of ether oxygens (including phenoxy) is 1. The van der Waals surface area contributed by atoms with Gasteiger partial charge >= 0.3 is 0 Å². The standard InChI is InChI=1S/C14H25BrN4O/c1-16-13(9-11-5-4-8-20-11)14-12(15)10-17-19(14)7-6-18(2)3/h10-11,13,16H,4-9H2,1-3H3. The van der Waals surface area contributed by atoms with E-state index in [1.165, 1.54) is 18.5 Å². The van der Waals surface area contributed by atoms with Crippen molar-refractivity contribution in [3.63, 3.8) is 0 Å². The number of halogens is 1. The fourth-order valence-corrected chi connectivity index (χ4v) is 3.22. The lowest BCUT2D eigenvalue weighted by Gasteiger charge is -2.22. The molecule has 2 unspecified atom stereocenters. The topological polar surface area (TPSA) is 42.3 Å². The van der Waals surface area contributed by atoms with E-state index in [1.54, 1.807) is 0 Å². The third-order valence-corrected chi connectivity index (χ3v) is 4.40. The Morgan fingerprint density at radius 1 is 1.60 bits per heavy atom. The second kappa shape index (κ2) is 7.54. The van der Waals surface area contributed by atoms with Crippen LogP contribution in [-0.2, 0) is 11.3 Å². The van der Waals surface area contributed by atoms with E-state index in [-0.39, 0.29) is 6.04 Å². The smallest absolute Gasteiger partial charge is 0.0697 e. The summed E-state index contributed by atoms with van der Waals surface area (Å²) in [7, 11) is 6.18. The van der Waals surface area contributed by atoms with E-state index in [4.69, 9.17) is 4.74 Å². The van der Waals surface area contributed by atoms with E-state index >= 15 is 0 Å². The fraction of sp³-hybridized carbons (Fsp3) is 0.786. The molecule has 0 aromatic carbocycles. The second-order valence-electron chi connectivity index (χ2n) is 5.62. The lowest BCUT2D eigenvalue weighted by Crippen LogP contribution is -2.27. The van der Waals surface area contributed by atoms with Crippen LogP contribution in [0.1, 0.15) is 31.0 Å². The Labute approximate surface area is 129 Å². The molecule has 6 heteroatoms. The van der Waals surface area contributed by atoms with Gasteiger partial charge in [-0.1, -0.05) is 0 Å². The summed E-state index contributed by atoms with van der Waals surface area (Å²) in [4.78, 5) is 2.17. The molecule has 2 rings (SSSR count). The van der Waals surface area contributed by atoms with Crippen molar-refractivity contribution in [1.82, 2.24) is 20.0 Å². The molecule has 1 aliphatic heterocycles. The van der Waals surface area contributed by atoms with Crippen molar-refractivity contribution in [3.05, 3.63) is 16.4 Å². The number of hydrogen-bond donors (Lipinski definition) is 1. The van der Waals surface area contributed by atoms with Crippen molar-refractivity contribution in [2.24, 2.45) is 0 Å². The lowest BCUT2D eigenvalue weighted by atomic mass is 10.0. The summed E-state index contributed by atoms with van der Waals surface area (Å²) >= 11 is 3.64. The van der Waals surface area contributed by atoms with Gasteiger partial charge in [0, 0.05) is 13.2 Å². The molecule has 0 aliphatic carbocycles. The molecule has 5 nitrogen and oxygen atoms in total. The predicted octanol–water partition coefficient (Wildman–Crippen LogP) is 2.04. The number of likely N-dealkylation sites (N-methyl/N-ethyl adjacent to an activating group) is 1. The first-order chi connectivity index (χ1) is 9.61. The van der Waals surface area contributed by atoms with Gasteiger partial charge in [-0.15, -0.1) is 0 Å². The van der Waals surface area contributed by atoms with Crippen LogP contribution in [0.2, 0.25) is 0 Å². The van der Waals surface area contributed by atoms with Gasteiger partial charge in [-0.05, 0) is 56.3 Å². The van der Waals surface area contributed by atoms with Gasteiger partial charge < -0.3 is 15.0 Å².